The molecular weight excluding hydrogens is 312 g/mol. The fourth-order valence-corrected chi connectivity index (χ4v) is 2.99. The van der Waals surface area contributed by atoms with Crippen molar-refractivity contribution < 1.29 is 9.21 Å². The summed E-state index contributed by atoms with van der Waals surface area (Å²) in [5.41, 5.74) is 10.0. The highest BCUT2D eigenvalue weighted by Gasteiger charge is 2.16. The molecule has 2 aromatic rings. The Hall–Kier alpha value is -1.78. The number of carbonyl (C=O) groups excluding carboxylic acids is 1. The van der Waals surface area contributed by atoms with E-state index in [-0.39, 0.29) is 24.4 Å². The largest absolute Gasteiger partial charge is 0.467 e. The van der Waals surface area contributed by atoms with Gasteiger partial charge in [-0.1, -0.05) is 18.2 Å². The molecule has 4 nitrogen and oxygen atoms in total. The highest BCUT2D eigenvalue weighted by molar-refractivity contribution is 5.94. The van der Waals surface area contributed by atoms with Crippen molar-refractivity contribution in [3.05, 3.63) is 58.5 Å². The van der Waals surface area contributed by atoms with Crippen LogP contribution in [0, 0.1) is 0 Å². The number of furan rings is 1. The molecule has 0 spiro atoms. The van der Waals surface area contributed by atoms with Gasteiger partial charge in [0, 0.05) is 0 Å². The summed E-state index contributed by atoms with van der Waals surface area (Å²) >= 11 is 0. The van der Waals surface area contributed by atoms with Crippen LogP contribution in [-0.2, 0) is 19.4 Å². The summed E-state index contributed by atoms with van der Waals surface area (Å²) < 4.78 is 5.21. The molecule has 0 radical (unpaired) electrons. The van der Waals surface area contributed by atoms with Crippen LogP contribution in [0.2, 0.25) is 0 Å². The topological polar surface area (TPSA) is 68.3 Å². The van der Waals surface area contributed by atoms with Gasteiger partial charge in [0.2, 0.25) is 0 Å². The first kappa shape index (κ1) is 17.6. The van der Waals surface area contributed by atoms with E-state index in [0.29, 0.717) is 17.9 Å². The van der Waals surface area contributed by atoms with Crippen LogP contribution in [0.25, 0.3) is 0 Å². The van der Waals surface area contributed by atoms with Crippen LogP contribution in [-0.4, -0.2) is 5.91 Å². The first-order chi connectivity index (χ1) is 10.7. The van der Waals surface area contributed by atoms with Gasteiger partial charge in [-0.3, -0.25) is 4.79 Å². The van der Waals surface area contributed by atoms with Crippen molar-refractivity contribution in [1.29, 1.82) is 0 Å². The van der Waals surface area contributed by atoms with E-state index >= 15 is 0 Å². The number of nitrogens with one attached hydrogen (secondary N) is 1. The number of halogens is 1. The quantitative estimate of drug-likeness (QED) is 0.898. The summed E-state index contributed by atoms with van der Waals surface area (Å²) in [7, 11) is 0. The minimum Gasteiger partial charge on any atom is -0.467 e. The minimum atomic E-state index is -0.131. The van der Waals surface area contributed by atoms with Crippen LogP contribution in [0.3, 0.4) is 0 Å². The number of carbonyl (C=O) groups is 1. The number of aryl methyl sites for hydroxylation is 2. The van der Waals surface area contributed by atoms with Crippen molar-refractivity contribution in [2.75, 3.05) is 0 Å². The zero-order valence-electron chi connectivity index (χ0n) is 13.3. The molecular formula is C18H23ClN2O2. The number of hydrogen-bond acceptors (Lipinski definition) is 3. The first-order valence-corrected chi connectivity index (χ1v) is 7.87. The second kappa shape index (κ2) is 7.66. The number of benzene rings is 1. The number of amides is 1. The molecule has 0 saturated carbocycles. The molecule has 23 heavy (non-hydrogen) atoms. The van der Waals surface area contributed by atoms with Gasteiger partial charge >= 0.3 is 0 Å². The lowest BCUT2D eigenvalue weighted by Gasteiger charge is -2.19. The number of nitrogens with two attached hydrogens (primary N) is 1. The Labute approximate surface area is 142 Å². The molecule has 5 heteroatoms. The van der Waals surface area contributed by atoms with Crippen molar-refractivity contribution in [2.24, 2.45) is 5.73 Å². The second-order valence-corrected chi connectivity index (χ2v) is 5.94. The van der Waals surface area contributed by atoms with Gasteiger partial charge < -0.3 is 15.5 Å². The van der Waals surface area contributed by atoms with E-state index in [1.165, 1.54) is 36.7 Å². The average molecular weight is 335 g/mol. The van der Waals surface area contributed by atoms with E-state index in [1.54, 1.807) is 6.07 Å². The van der Waals surface area contributed by atoms with Gasteiger partial charge in [0.15, 0.2) is 0 Å². The molecule has 0 bridgehead atoms. The van der Waals surface area contributed by atoms with Crippen molar-refractivity contribution in [3.8, 4) is 0 Å². The summed E-state index contributed by atoms with van der Waals surface area (Å²) in [6.07, 6.45) is 6.31. The van der Waals surface area contributed by atoms with Gasteiger partial charge in [0.05, 0.1) is 18.2 Å². The lowest BCUT2D eigenvalue weighted by molar-refractivity contribution is 0.0939. The molecule has 0 aliphatic heterocycles. The first-order valence-electron chi connectivity index (χ1n) is 7.87. The zero-order chi connectivity index (χ0) is 15.5. The van der Waals surface area contributed by atoms with Gasteiger partial charge in [-0.2, -0.15) is 0 Å². The normalized spacial score (nSPS) is 14.5. The monoisotopic (exact) mass is 334 g/mol. The number of hydrogen-bond donors (Lipinski definition) is 2. The van der Waals surface area contributed by atoms with Crippen LogP contribution in [0.1, 0.15) is 58.6 Å². The molecule has 1 aromatic heterocycles. The molecule has 1 aliphatic rings. The maximum absolute atomic E-state index is 12.2. The molecule has 1 aliphatic carbocycles. The van der Waals surface area contributed by atoms with Gasteiger partial charge in [0.25, 0.3) is 5.91 Å². The van der Waals surface area contributed by atoms with Crippen LogP contribution in [0.4, 0.5) is 0 Å². The molecule has 0 fully saturated rings. The summed E-state index contributed by atoms with van der Waals surface area (Å²) in [5, 5.41) is 3.02. The van der Waals surface area contributed by atoms with Crippen molar-refractivity contribution in [1.82, 2.24) is 5.32 Å². The van der Waals surface area contributed by atoms with E-state index in [2.05, 4.69) is 23.5 Å². The van der Waals surface area contributed by atoms with Gasteiger partial charge in [-0.25, -0.2) is 0 Å². The van der Waals surface area contributed by atoms with Crippen LogP contribution < -0.4 is 11.1 Å². The SMILES string of the molecule is CC(NC(=O)c1coc(CN)c1)c1ccc2c(c1)CCCC2.Cl. The third-order valence-corrected chi connectivity index (χ3v) is 4.34. The lowest BCUT2D eigenvalue weighted by atomic mass is 9.89. The summed E-state index contributed by atoms with van der Waals surface area (Å²) in [5.74, 6) is 0.486. The Bertz CT molecular complexity index is 681. The fraction of sp³-hybridized carbons (Fsp3) is 0.389. The highest BCUT2D eigenvalue weighted by Crippen LogP contribution is 2.25. The van der Waals surface area contributed by atoms with E-state index in [9.17, 15) is 4.79 Å². The zero-order valence-corrected chi connectivity index (χ0v) is 14.1. The summed E-state index contributed by atoms with van der Waals surface area (Å²) in [6.45, 7) is 2.31. The average Bonchev–Trinajstić information content (AvgIpc) is 3.03. The van der Waals surface area contributed by atoms with Gasteiger partial charge in [-0.05, 0) is 55.4 Å². The van der Waals surface area contributed by atoms with E-state index in [4.69, 9.17) is 10.2 Å². The Kier molecular flexibility index (Phi) is 5.85. The maximum atomic E-state index is 12.2. The number of fused-ring (bicyclic) bond motifs is 1. The third-order valence-electron chi connectivity index (χ3n) is 4.34. The van der Waals surface area contributed by atoms with Gasteiger partial charge in [-0.15, -0.1) is 12.4 Å². The van der Waals surface area contributed by atoms with Crippen LogP contribution >= 0.6 is 12.4 Å². The molecule has 1 amide bonds. The fourth-order valence-electron chi connectivity index (χ4n) is 2.99. The molecule has 124 valence electrons. The number of rotatable bonds is 4. The predicted molar refractivity (Wildman–Crippen MR) is 92.8 cm³/mol. The predicted octanol–water partition coefficient (Wildman–Crippen LogP) is 3.53. The third kappa shape index (κ3) is 3.95. The standard InChI is InChI=1S/C18H22N2O2.ClH/c1-12(20-18(21)16-9-17(10-19)22-11-16)14-7-6-13-4-2-3-5-15(13)8-14;/h6-9,11-12H,2-5,10,19H2,1H3,(H,20,21);1H. The Morgan fingerprint density at radius 2 is 2.00 bits per heavy atom. The second-order valence-electron chi connectivity index (χ2n) is 5.94. The van der Waals surface area contributed by atoms with E-state index in [0.717, 1.165) is 12.0 Å². The van der Waals surface area contributed by atoms with Crippen LogP contribution in [0.15, 0.2) is 34.9 Å². The molecule has 3 rings (SSSR count). The van der Waals surface area contributed by atoms with E-state index < -0.39 is 0 Å². The molecule has 1 atom stereocenters. The minimum absolute atomic E-state index is 0. The molecule has 1 aromatic carbocycles. The summed E-state index contributed by atoms with van der Waals surface area (Å²) in [6, 6.07) is 8.22. The lowest BCUT2D eigenvalue weighted by Crippen LogP contribution is -2.26. The summed E-state index contributed by atoms with van der Waals surface area (Å²) in [4.78, 5) is 12.2. The van der Waals surface area contributed by atoms with Gasteiger partial charge in [0.1, 0.15) is 12.0 Å². The Morgan fingerprint density at radius 3 is 2.70 bits per heavy atom. The molecule has 3 N–H and O–H groups in total. The molecule has 0 saturated heterocycles. The smallest absolute Gasteiger partial charge is 0.255 e. The molecule has 1 unspecified atom stereocenters. The van der Waals surface area contributed by atoms with Crippen molar-refractivity contribution >= 4 is 18.3 Å². The van der Waals surface area contributed by atoms with E-state index in [1.807, 2.05) is 6.92 Å². The molecule has 1 heterocycles. The maximum Gasteiger partial charge on any atom is 0.255 e. The highest BCUT2D eigenvalue weighted by atomic mass is 35.5. The Balaban J connectivity index is 0.00000192. The Morgan fingerprint density at radius 1 is 1.26 bits per heavy atom. The van der Waals surface area contributed by atoms with Crippen molar-refractivity contribution in [2.45, 2.75) is 45.2 Å². The van der Waals surface area contributed by atoms with Crippen LogP contribution in [0.5, 0.6) is 0 Å². The van der Waals surface area contributed by atoms with Crippen molar-refractivity contribution in [3.63, 3.8) is 0 Å².